The molecule has 9 nitrogen and oxygen atoms in total. The number of hydrogen-bond donors (Lipinski definition) is 2. The number of fused-ring (bicyclic) bond motifs is 3. The van der Waals surface area contributed by atoms with Gasteiger partial charge in [0.1, 0.15) is 29.4 Å². The lowest BCUT2D eigenvalue weighted by Crippen LogP contribution is -2.15. The number of aromatic nitrogens is 4. The Labute approximate surface area is 227 Å². The molecule has 0 saturated carbocycles. The molecule has 0 atom stereocenters. The summed E-state index contributed by atoms with van der Waals surface area (Å²) in [6.07, 6.45) is 2.45. The van der Waals surface area contributed by atoms with Crippen LogP contribution in [-0.2, 0) is 11.3 Å². The number of ether oxygens (including phenoxy) is 1. The van der Waals surface area contributed by atoms with E-state index in [0.29, 0.717) is 46.8 Å². The lowest BCUT2D eigenvalue weighted by Gasteiger charge is -2.21. The number of nitrogens with two attached hydrogens (primary N) is 1. The summed E-state index contributed by atoms with van der Waals surface area (Å²) in [4.78, 5) is 26.7. The van der Waals surface area contributed by atoms with E-state index in [1.807, 2.05) is 22.5 Å². The van der Waals surface area contributed by atoms with Gasteiger partial charge in [0.05, 0.1) is 11.1 Å². The number of nitrogens with one attached hydrogen (secondary N) is 1. The van der Waals surface area contributed by atoms with Crippen LogP contribution in [0.15, 0.2) is 73.6 Å². The number of carbonyl (C=O) groups is 1. The Balaban J connectivity index is 1.48. The summed E-state index contributed by atoms with van der Waals surface area (Å²) >= 11 is 0. The first-order chi connectivity index (χ1) is 19.3. The highest BCUT2D eigenvalue weighted by atomic mass is 19.1. The van der Waals surface area contributed by atoms with Crippen LogP contribution in [0.4, 0.5) is 31.8 Å². The average molecular weight is 540 g/mol. The van der Waals surface area contributed by atoms with Crippen molar-refractivity contribution < 1.29 is 18.3 Å². The van der Waals surface area contributed by atoms with Crippen LogP contribution in [0.3, 0.4) is 0 Å². The SMILES string of the molecule is C=CC(=O)Nc1cc(N2CCn3c2c(-c2ccc(Oc4cccc(C)n4)c(F)c2)c2c(N)ncnc23)ccc1F. The maximum Gasteiger partial charge on any atom is 0.247 e. The minimum atomic E-state index is -0.593. The molecule has 1 amide bonds. The van der Waals surface area contributed by atoms with Crippen molar-refractivity contribution in [1.29, 1.82) is 0 Å². The van der Waals surface area contributed by atoms with Crippen LogP contribution >= 0.6 is 0 Å². The molecule has 0 bridgehead atoms. The van der Waals surface area contributed by atoms with Crippen molar-refractivity contribution >= 4 is 40.0 Å². The van der Waals surface area contributed by atoms with E-state index in [0.717, 1.165) is 11.8 Å². The summed E-state index contributed by atoms with van der Waals surface area (Å²) in [6, 6.07) is 14.3. The van der Waals surface area contributed by atoms with Gasteiger partial charge in [-0.3, -0.25) is 4.79 Å². The summed E-state index contributed by atoms with van der Waals surface area (Å²) in [5.41, 5.74) is 9.42. The number of aryl methyl sites for hydroxylation is 1. The second kappa shape index (κ2) is 9.77. The summed E-state index contributed by atoms with van der Waals surface area (Å²) in [5, 5.41) is 3.06. The van der Waals surface area contributed by atoms with Gasteiger partial charge in [-0.05, 0) is 55.0 Å². The van der Waals surface area contributed by atoms with E-state index in [4.69, 9.17) is 10.5 Å². The van der Waals surface area contributed by atoms with Gasteiger partial charge < -0.3 is 25.3 Å². The molecule has 1 aliphatic heterocycles. The van der Waals surface area contributed by atoms with Crippen LogP contribution in [-0.4, -0.2) is 32.0 Å². The lowest BCUT2D eigenvalue weighted by molar-refractivity contribution is -0.111. The zero-order valence-corrected chi connectivity index (χ0v) is 21.4. The minimum absolute atomic E-state index is 0.00937. The lowest BCUT2D eigenvalue weighted by atomic mass is 10.0. The van der Waals surface area contributed by atoms with E-state index in [1.54, 1.807) is 24.3 Å². The molecule has 5 aromatic rings. The van der Waals surface area contributed by atoms with Crippen LogP contribution < -0.4 is 20.7 Å². The molecule has 0 spiro atoms. The van der Waals surface area contributed by atoms with Crippen LogP contribution in [0.5, 0.6) is 11.6 Å². The maximum absolute atomic E-state index is 15.4. The summed E-state index contributed by atoms with van der Waals surface area (Å²) in [7, 11) is 0. The van der Waals surface area contributed by atoms with Gasteiger partial charge in [0, 0.05) is 36.1 Å². The van der Waals surface area contributed by atoms with Crippen LogP contribution in [0.25, 0.3) is 22.2 Å². The molecule has 3 aromatic heterocycles. The van der Waals surface area contributed by atoms with Crippen molar-refractivity contribution in [3.05, 3.63) is 90.9 Å². The van der Waals surface area contributed by atoms with Gasteiger partial charge in [0.2, 0.25) is 11.8 Å². The van der Waals surface area contributed by atoms with Crippen LogP contribution in [0, 0.1) is 18.6 Å². The fraction of sp³-hybridized carbons (Fsp3) is 0.103. The van der Waals surface area contributed by atoms with E-state index < -0.39 is 17.5 Å². The van der Waals surface area contributed by atoms with Crippen molar-refractivity contribution in [1.82, 2.24) is 19.5 Å². The van der Waals surface area contributed by atoms with Crippen molar-refractivity contribution in [2.24, 2.45) is 0 Å². The van der Waals surface area contributed by atoms with Gasteiger partial charge in [-0.15, -0.1) is 0 Å². The van der Waals surface area contributed by atoms with E-state index in [-0.39, 0.29) is 23.1 Å². The Bertz CT molecular complexity index is 1820. The van der Waals surface area contributed by atoms with Gasteiger partial charge in [-0.2, -0.15) is 0 Å². The third kappa shape index (κ3) is 4.27. The molecule has 0 aliphatic carbocycles. The Morgan fingerprint density at radius 1 is 1.10 bits per heavy atom. The van der Waals surface area contributed by atoms with Crippen molar-refractivity contribution in [3.63, 3.8) is 0 Å². The first kappa shape index (κ1) is 25.0. The molecule has 3 N–H and O–H groups in total. The van der Waals surface area contributed by atoms with Gasteiger partial charge >= 0.3 is 0 Å². The molecular formula is C29H23F2N7O2. The fourth-order valence-electron chi connectivity index (χ4n) is 4.89. The van der Waals surface area contributed by atoms with E-state index in [1.165, 1.54) is 30.6 Å². The first-order valence-electron chi connectivity index (χ1n) is 12.4. The smallest absolute Gasteiger partial charge is 0.247 e. The van der Waals surface area contributed by atoms with Crippen LogP contribution in [0.1, 0.15) is 5.69 Å². The number of benzene rings is 2. The van der Waals surface area contributed by atoms with Crippen LogP contribution in [0.2, 0.25) is 0 Å². The maximum atomic E-state index is 15.4. The minimum Gasteiger partial charge on any atom is -0.436 e. The van der Waals surface area contributed by atoms with E-state index in [9.17, 15) is 9.18 Å². The van der Waals surface area contributed by atoms with E-state index >= 15 is 4.39 Å². The Morgan fingerprint density at radius 2 is 1.95 bits per heavy atom. The molecule has 0 radical (unpaired) electrons. The van der Waals surface area contributed by atoms with Gasteiger partial charge in [0.25, 0.3) is 0 Å². The largest absolute Gasteiger partial charge is 0.436 e. The number of halogens is 2. The molecule has 0 fully saturated rings. The molecular weight excluding hydrogens is 516 g/mol. The number of pyridine rings is 1. The van der Waals surface area contributed by atoms with Gasteiger partial charge in [-0.1, -0.05) is 18.7 Å². The molecule has 6 rings (SSSR count). The topological polar surface area (TPSA) is 111 Å². The van der Waals surface area contributed by atoms with Gasteiger partial charge in [-0.25, -0.2) is 23.7 Å². The Hall–Kier alpha value is -5.32. The zero-order chi connectivity index (χ0) is 28.0. The predicted molar refractivity (Wildman–Crippen MR) is 149 cm³/mol. The molecule has 4 heterocycles. The number of rotatable bonds is 6. The number of amides is 1. The number of hydrogen-bond acceptors (Lipinski definition) is 7. The number of nitrogens with zero attached hydrogens (tertiary/aromatic N) is 5. The summed E-state index contributed by atoms with van der Waals surface area (Å²) < 4.78 is 37.6. The van der Waals surface area contributed by atoms with Crippen molar-refractivity contribution in [3.8, 4) is 22.8 Å². The predicted octanol–water partition coefficient (Wildman–Crippen LogP) is 5.73. The molecule has 11 heteroatoms. The molecule has 200 valence electrons. The highest BCUT2D eigenvalue weighted by molar-refractivity contribution is 6.08. The second-order valence-corrected chi connectivity index (χ2v) is 9.18. The second-order valence-electron chi connectivity index (χ2n) is 9.18. The molecule has 0 unspecified atom stereocenters. The fourth-order valence-corrected chi connectivity index (χ4v) is 4.89. The Kier molecular flexibility index (Phi) is 6.10. The van der Waals surface area contributed by atoms with E-state index in [2.05, 4.69) is 26.8 Å². The third-order valence-electron chi connectivity index (χ3n) is 6.65. The van der Waals surface area contributed by atoms with Crippen molar-refractivity contribution in [2.75, 3.05) is 22.5 Å². The van der Waals surface area contributed by atoms with Crippen molar-refractivity contribution in [2.45, 2.75) is 13.5 Å². The highest BCUT2D eigenvalue weighted by Gasteiger charge is 2.32. The Morgan fingerprint density at radius 3 is 2.73 bits per heavy atom. The average Bonchev–Trinajstić information content (AvgIpc) is 3.50. The third-order valence-corrected chi connectivity index (χ3v) is 6.65. The molecule has 1 aliphatic rings. The molecule has 0 saturated heterocycles. The summed E-state index contributed by atoms with van der Waals surface area (Å²) in [6.45, 7) is 6.30. The van der Waals surface area contributed by atoms with Gasteiger partial charge in [0.15, 0.2) is 11.6 Å². The summed E-state index contributed by atoms with van der Waals surface area (Å²) in [5.74, 6) is -0.493. The normalized spacial score (nSPS) is 12.4. The molecule has 40 heavy (non-hydrogen) atoms. The first-order valence-corrected chi connectivity index (χ1v) is 12.4. The number of carbonyl (C=O) groups excluding carboxylic acids is 1. The highest BCUT2D eigenvalue weighted by Crippen LogP contribution is 2.47. The quantitative estimate of drug-likeness (QED) is 0.265. The molecule has 2 aromatic carbocycles. The standard InChI is InChI=1S/C29H23F2N7O2/c1-3-23(39)36-21-14-18(8-9-19(21)30)37-11-12-38-28-26(27(32)33-15-34-28)25(29(37)38)17-7-10-22(20(31)13-17)40-24-6-4-5-16(2)35-24/h3-10,13-15H,1,11-12H2,2H3,(H,36,39)(H2,32,33,34). The monoisotopic (exact) mass is 539 g/mol. The number of anilines is 4. The zero-order valence-electron chi connectivity index (χ0n) is 21.4. The number of nitrogen functional groups attached to an aromatic ring is 1.